The Labute approximate surface area is 148 Å². The van der Waals surface area contributed by atoms with Gasteiger partial charge in [0.1, 0.15) is 5.82 Å². The SMILES string of the molecule is Cc1nc(N2CC(CO)C2)ncc1-n1c2ccc(F)cc2c2[nH]ncc21. The molecule has 4 heterocycles. The normalized spacial score (nSPS) is 15.1. The summed E-state index contributed by atoms with van der Waals surface area (Å²) in [6.07, 6.45) is 3.51. The summed E-state index contributed by atoms with van der Waals surface area (Å²) in [7, 11) is 0. The summed E-state index contributed by atoms with van der Waals surface area (Å²) in [5.41, 5.74) is 4.18. The minimum absolute atomic E-state index is 0.192. The number of aromatic amines is 1. The van der Waals surface area contributed by atoms with Gasteiger partial charge in [0.25, 0.3) is 0 Å². The first-order valence-electron chi connectivity index (χ1n) is 8.48. The van der Waals surface area contributed by atoms with Crippen molar-refractivity contribution in [3.8, 4) is 5.69 Å². The summed E-state index contributed by atoms with van der Waals surface area (Å²) in [5, 5.41) is 17.0. The molecule has 2 N–H and O–H groups in total. The number of halogens is 1. The summed E-state index contributed by atoms with van der Waals surface area (Å²) >= 11 is 0. The Balaban J connectivity index is 1.64. The van der Waals surface area contributed by atoms with Crippen molar-refractivity contribution in [3.63, 3.8) is 0 Å². The van der Waals surface area contributed by atoms with Crippen LogP contribution >= 0.6 is 0 Å². The minimum atomic E-state index is -0.286. The van der Waals surface area contributed by atoms with Crippen LogP contribution in [0.1, 0.15) is 5.69 Å². The van der Waals surface area contributed by atoms with Gasteiger partial charge < -0.3 is 14.6 Å². The van der Waals surface area contributed by atoms with Crippen molar-refractivity contribution in [2.24, 2.45) is 5.92 Å². The van der Waals surface area contributed by atoms with Crippen molar-refractivity contribution in [2.45, 2.75) is 6.92 Å². The summed E-state index contributed by atoms with van der Waals surface area (Å²) in [6, 6.07) is 4.71. The molecule has 1 aliphatic heterocycles. The summed E-state index contributed by atoms with van der Waals surface area (Å²) in [4.78, 5) is 11.2. The fourth-order valence-corrected chi connectivity index (χ4v) is 3.61. The van der Waals surface area contributed by atoms with Crippen LogP contribution in [-0.4, -0.2) is 49.5 Å². The Morgan fingerprint density at radius 2 is 2.12 bits per heavy atom. The van der Waals surface area contributed by atoms with Gasteiger partial charge in [-0.05, 0) is 25.1 Å². The molecule has 0 unspecified atom stereocenters. The second-order valence-electron chi connectivity index (χ2n) is 6.72. The van der Waals surface area contributed by atoms with E-state index in [-0.39, 0.29) is 12.4 Å². The number of nitrogens with zero attached hydrogens (tertiary/aromatic N) is 5. The van der Waals surface area contributed by atoms with Crippen molar-refractivity contribution >= 4 is 27.9 Å². The molecule has 0 aliphatic carbocycles. The van der Waals surface area contributed by atoms with Crippen molar-refractivity contribution in [1.29, 1.82) is 0 Å². The van der Waals surface area contributed by atoms with Crippen LogP contribution in [0.2, 0.25) is 0 Å². The van der Waals surface area contributed by atoms with Crippen molar-refractivity contribution < 1.29 is 9.50 Å². The lowest BCUT2D eigenvalue weighted by Crippen LogP contribution is -2.49. The first kappa shape index (κ1) is 15.3. The molecule has 4 aromatic rings. The van der Waals surface area contributed by atoms with Crippen molar-refractivity contribution in [2.75, 3.05) is 24.6 Å². The number of aliphatic hydroxyl groups is 1. The lowest BCUT2D eigenvalue weighted by molar-refractivity contribution is 0.199. The second-order valence-corrected chi connectivity index (χ2v) is 6.72. The fraction of sp³-hybridized carbons (Fsp3) is 0.278. The number of nitrogens with one attached hydrogen (secondary N) is 1. The van der Waals surface area contributed by atoms with Crippen LogP contribution in [0.3, 0.4) is 0 Å². The molecule has 1 aliphatic rings. The summed E-state index contributed by atoms with van der Waals surface area (Å²) in [5.74, 6) is 0.681. The van der Waals surface area contributed by atoms with Crippen LogP contribution in [0.5, 0.6) is 0 Å². The highest BCUT2D eigenvalue weighted by Gasteiger charge is 2.28. The lowest BCUT2D eigenvalue weighted by Gasteiger charge is -2.38. The zero-order chi connectivity index (χ0) is 17.8. The summed E-state index contributed by atoms with van der Waals surface area (Å²) in [6.45, 7) is 3.67. The quantitative estimate of drug-likeness (QED) is 0.590. The van der Waals surface area contributed by atoms with Crippen LogP contribution in [0.4, 0.5) is 10.3 Å². The van der Waals surface area contributed by atoms with E-state index in [0.717, 1.165) is 46.4 Å². The number of benzene rings is 1. The third-order valence-electron chi connectivity index (χ3n) is 5.01. The molecule has 8 heteroatoms. The molecule has 5 rings (SSSR count). The van der Waals surface area contributed by atoms with E-state index in [0.29, 0.717) is 11.9 Å². The van der Waals surface area contributed by atoms with Crippen LogP contribution in [0.25, 0.3) is 27.6 Å². The Kier molecular flexibility index (Phi) is 3.23. The van der Waals surface area contributed by atoms with Crippen LogP contribution in [0, 0.1) is 18.7 Å². The van der Waals surface area contributed by atoms with Gasteiger partial charge in [0.05, 0.1) is 40.3 Å². The highest BCUT2D eigenvalue weighted by Crippen LogP contribution is 2.32. The van der Waals surface area contributed by atoms with Gasteiger partial charge in [0.2, 0.25) is 5.95 Å². The van der Waals surface area contributed by atoms with Crippen LogP contribution in [-0.2, 0) is 0 Å². The number of fused-ring (bicyclic) bond motifs is 3. The number of aryl methyl sites for hydroxylation is 1. The van der Waals surface area contributed by atoms with Gasteiger partial charge in [0, 0.05) is 31.0 Å². The molecule has 0 saturated carbocycles. The van der Waals surface area contributed by atoms with Crippen molar-refractivity contribution in [1.82, 2.24) is 24.7 Å². The fourth-order valence-electron chi connectivity index (χ4n) is 3.61. The first-order chi connectivity index (χ1) is 12.7. The molecule has 0 spiro atoms. The zero-order valence-corrected chi connectivity index (χ0v) is 14.1. The number of aliphatic hydroxyl groups excluding tert-OH is 1. The van der Waals surface area contributed by atoms with Gasteiger partial charge >= 0.3 is 0 Å². The van der Waals surface area contributed by atoms with Gasteiger partial charge in [-0.2, -0.15) is 5.10 Å². The van der Waals surface area contributed by atoms with Crippen molar-refractivity contribution in [3.05, 3.63) is 42.1 Å². The molecular formula is C18H17FN6O. The Morgan fingerprint density at radius 1 is 1.27 bits per heavy atom. The molecule has 1 aromatic carbocycles. The van der Waals surface area contributed by atoms with E-state index < -0.39 is 0 Å². The van der Waals surface area contributed by atoms with Gasteiger partial charge in [0.15, 0.2) is 0 Å². The van der Waals surface area contributed by atoms with E-state index in [9.17, 15) is 4.39 Å². The Hall–Kier alpha value is -3.00. The molecule has 3 aromatic heterocycles. The maximum atomic E-state index is 13.7. The molecular weight excluding hydrogens is 335 g/mol. The van der Waals surface area contributed by atoms with Gasteiger partial charge in [-0.3, -0.25) is 5.10 Å². The number of hydrogen-bond donors (Lipinski definition) is 2. The monoisotopic (exact) mass is 352 g/mol. The van der Waals surface area contributed by atoms with E-state index in [4.69, 9.17) is 5.11 Å². The Bertz CT molecular complexity index is 1130. The van der Waals surface area contributed by atoms with E-state index in [1.165, 1.54) is 12.1 Å². The topological polar surface area (TPSA) is 82.9 Å². The zero-order valence-electron chi connectivity index (χ0n) is 14.1. The van der Waals surface area contributed by atoms with E-state index in [1.54, 1.807) is 18.5 Å². The molecule has 1 fully saturated rings. The molecule has 0 bridgehead atoms. The highest BCUT2D eigenvalue weighted by molar-refractivity contribution is 6.06. The molecule has 0 atom stereocenters. The molecule has 132 valence electrons. The van der Waals surface area contributed by atoms with Gasteiger partial charge in [-0.25, -0.2) is 14.4 Å². The third kappa shape index (κ3) is 2.12. The minimum Gasteiger partial charge on any atom is -0.396 e. The molecule has 7 nitrogen and oxygen atoms in total. The summed E-state index contributed by atoms with van der Waals surface area (Å²) < 4.78 is 15.7. The smallest absolute Gasteiger partial charge is 0.225 e. The van der Waals surface area contributed by atoms with Crippen LogP contribution in [0.15, 0.2) is 30.6 Å². The van der Waals surface area contributed by atoms with E-state index in [2.05, 4.69) is 20.2 Å². The van der Waals surface area contributed by atoms with Crippen LogP contribution < -0.4 is 4.90 Å². The predicted molar refractivity (Wildman–Crippen MR) is 96.0 cm³/mol. The molecule has 26 heavy (non-hydrogen) atoms. The van der Waals surface area contributed by atoms with Gasteiger partial charge in [-0.1, -0.05) is 0 Å². The number of rotatable bonds is 3. The standard InChI is InChI=1S/C18H17FN6O/c1-10-15(5-20-18(22-10)24-7-11(8-24)9-26)25-14-3-2-12(19)4-13(14)17-16(25)6-21-23-17/h2-6,11,26H,7-9H2,1H3,(H,21,23). The average Bonchev–Trinajstić information content (AvgIpc) is 3.16. The third-order valence-corrected chi connectivity index (χ3v) is 5.01. The molecule has 0 amide bonds. The number of H-pyrrole nitrogens is 1. The second kappa shape index (κ2) is 5.50. The predicted octanol–water partition coefficient (Wildman–Crippen LogP) is 2.17. The lowest BCUT2D eigenvalue weighted by atomic mass is 10.0. The largest absolute Gasteiger partial charge is 0.396 e. The average molecular weight is 352 g/mol. The van der Waals surface area contributed by atoms with E-state index >= 15 is 0 Å². The maximum Gasteiger partial charge on any atom is 0.225 e. The number of hydrogen-bond acceptors (Lipinski definition) is 5. The maximum absolute atomic E-state index is 13.7. The number of anilines is 1. The first-order valence-corrected chi connectivity index (χ1v) is 8.48. The number of aromatic nitrogens is 5. The Morgan fingerprint density at radius 3 is 2.88 bits per heavy atom. The molecule has 1 saturated heterocycles. The highest BCUT2D eigenvalue weighted by atomic mass is 19.1. The molecule has 0 radical (unpaired) electrons. The van der Waals surface area contributed by atoms with E-state index in [1.807, 2.05) is 16.4 Å². The van der Waals surface area contributed by atoms with Gasteiger partial charge in [-0.15, -0.1) is 0 Å².